The molecule has 0 fully saturated rings. The normalized spacial score (nSPS) is 15.0. The Labute approximate surface area is 140 Å². The summed E-state index contributed by atoms with van der Waals surface area (Å²) in [5.41, 5.74) is 0.839. The molecule has 0 unspecified atom stereocenters. The van der Waals surface area contributed by atoms with Crippen LogP contribution < -0.4 is 10.6 Å². The molecule has 0 radical (unpaired) electrons. The fraction of sp³-hybridized carbons (Fsp3) is 0.118. The molecule has 0 aliphatic heterocycles. The highest BCUT2D eigenvalue weighted by Gasteiger charge is 2.51. The highest BCUT2D eigenvalue weighted by atomic mass is 32.2. The van der Waals surface area contributed by atoms with Crippen LogP contribution in [0.25, 0.3) is 29.5 Å². The summed E-state index contributed by atoms with van der Waals surface area (Å²) < 4.78 is 66.0. The van der Waals surface area contributed by atoms with E-state index in [2.05, 4.69) is 9.37 Å². The molecule has 4 rings (SSSR count). The van der Waals surface area contributed by atoms with Gasteiger partial charge in [0.05, 0.1) is 11.0 Å². The Balaban J connectivity index is 1.99. The van der Waals surface area contributed by atoms with Gasteiger partial charge >= 0.3 is 15.4 Å². The van der Waals surface area contributed by atoms with Crippen LogP contribution in [0.4, 0.5) is 13.3 Å². The van der Waals surface area contributed by atoms with Crippen LogP contribution in [0, 0.1) is 0 Å². The van der Waals surface area contributed by atoms with Crippen LogP contribution in [0.5, 0.6) is 0 Å². The maximum atomic E-state index is 14.3. The molecule has 4 nitrogen and oxygen atoms in total. The van der Waals surface area contributed by atoms with Crippen LogP contribution in [-0.2, 0) is 19.8 Å². The van der Waals surface area contributed by atoms with Crippen molar-refractivity contribution in [2.45, 2.75) is 11.7 Å². The van der Waals surface area contributed by atoms with Crippen molar-refractivity contribution in [2.75, 3.05) is 0 Å². The van der Waals surface area contributed by atoms with Crippen LogP contribution in [0.1, 0.15) is 23.1 Å². The summed E-state index contributed by atoms with van der Waals surface area (Å²) in [6, 6.07) is 5.58. The molecule has 1 heterocycles. The van der Waals surface area contributed by atoms with Gasteiger partial charge in [-0.15, -0.1) is 0 Å². The van der Waals surface area contributed by atoms with Crippen molar-refractivity contribution in [3.8, 4) is 11.3 Å². The maximum absolute atomic E-state index is 14.3. The molecular formula is C17H10F3NO3S. The summed E-state index contributed by atoms with van der Waals surface area (Å²) >= 11 is 0. The molecular weight excluding hydrogens is 355 g/mol. The SMILES string of the molecule is O=S(=O)(OF)C(F)(F)c1cccc2c1C=c1cc3c(nc1-2)=CCC=C3. The van der Waals surface area contributed by atoms with Crippen molar-refractivity contribution >= 4 is 28.3 Å². The minimum absolute atomic E-state index is 0.0121. The average Bonchev–Trinajstić information content (AvgIpc) is 2.96. The Morgan fingerprint density at radius 1 is 1.24 bits per heavy atom. The van der Waals surface area contributed by atoms with Gasteiger partial charge < -0.3 is 0 Å². The molecule has 25 heavy (non-hydrogen) atoms. The van der Waals surface area contributed by atoms with Crippen molar-refractivity contribution < 1.29 is 26.1 Å². The number of aromatic nitrogens is 1. The zero-order valence-electron chi connectivity index (χ0n) is 12.5. The number of allylic oxidation sites excluding steroid dienone is 1. The summed E-state index contributed by atoms with van der Waals surface area (Å²) in [6.07, 6.45) is 7.89. The third-order valence-electron chi connectivity index (χ3n) is 4.23. The van der Waals surface area contributed by atoms with Gasteiger partial charge in [0.1, 0.15) is 0 Å². The van der Waals surface area contributed by atoms with E-state index >= 15 is 0 Å². The highest BCUT2D eigenvalue weighted by Crippen LogP contribution is 2.41. The second-order valence-corrected chi connectivity index (χ2v) is 7.23. The Hall–Kier alpha value is -2.45. The van der Waals surface area contributed by atoms with E-state index < -0.39 is 20.9 Å². The maximum Gasteiger partial charge on any atom is 0.398 e. The van der Waals surface area contributed by atoms with Gasteiger partial charge in [-0.25, -0.2) is 4.98 Å². The highest BCUT2D eigenvalue weighted by molar-refractivity contribution is 7.87. The largest absolute Gasteiger partial charge is 0.398 e. The average molecular weight is 365 g/mol. The fourth-order valence-corrected chi connectivity index (χ4v) is 3.59. The van der Waals surface area contributed by atoms with Gasteiger partial charge in [-0.05, 0) is 28.7 Å². The second-order valence-electron chi connectivity index (χ2n) is 5.69. The predicted octanol–water partition coefficient (Wildman–Crippen LogP) is 2.37. The van der Waals surface area contributed by atoms with Crippen molar-refractivity contribution in [2.24, 2.45) is 0 Å². The lowest BCUT2D eigenvalue weighted by atomic mass is 10.0. The molecule has 0 atom stereocenters. The Morgan fingerprint density at radius 3 is 2.80 bits per heavy atom. The van der Waals surface area contributed by atoms with Gasteiger partial charge in [0, 0.05) is 21.9 Å². The van der Waals surface area contributed by atoms with E-state index in [-0.39, 0.29) is 5.56 Å². The Morgan fingerprint density at radius 2 is 2.04 bits per heavy atom. The van der Waals surface area contributed by atoms with Crippen LogP contribution >= 0.6 is 0 Å². The molecule has 0 saturated heterocycles. The van der Waals surface area contributed by atoms with Gasteiger partial charge in [-0.1, -0.05) is 40.8 Å². The summed E-state index contributed by atoms with van der Waals surface area (Å²) in [6.45, 7) is 0. The van der Waals surface area contributed by atoms with Crippen LogP contribution in [0.15, 0.2) is 30.3 Å². The first-order chi connectivity index (χ1) is 11.8. The van der Waals surface area contributed by atoms with Crippen LogP contribution in [0.3, 0.4) is 0 Å². The van der Waals surface area contributed by atoms with Crippen LogP contribution in [-0.4, -0.2) is 13.4 Å². The first-order valence-electron chi connectivity index (χ1n) is 7.31. The van der Waals surface area contributed by atoms with E-state index in [4.69, 9.17) is 0 Å². The number of rotatable bonds is 3. The first kappa shape index (κ1) is 16.0. The number of fused-ring (bicyclic) bond motifs is 4. The molecule has 0 N–H and O–H groups in total. The molecule has 2 aliphatic rings. The van der Waals surface area contributed by atoms with Gasteiger partial charge in [-0.2, -0.15) is 17.2 Å². The third kappa shape index (κ3) is 2.25. The molecule has 0 amide bonds. The molecule has 2 aliphatic carbocycles. The lowest BCUT2D eigenvalue weighted by Crippen LogP contribution is -2.27. The number of pyridine rings is 1. The molecule has 0 bridgehead atoms. The van der Waals surface area contributed by atoms with Crippen molar-refractivity contribution in [1.82, 2.24) is 4.98 Å². The predicted molar refractivity (Wildman–Crippen MR) is 85.6 cm³/mol. The molecule has 1 aromatic carbocycles. The number of hydrogen-bond acceptors (Lipinski definition) is 4. The lowest BCUT2D eigenvalue weighted by molar-refractivity contribution is -0.0289. The third-order valence-corrected chi connectivity index (χ3v) is 5.24. The van der Waals surface area contributed by atoms with Gasteiger partial charge in [-0.3, -0.25) is 0 Å². The van der Waals surface area contributed by atoms with E-state index in [1.807, 2.05) is 18.2 Å². The van der Waals surface area contributed by atoms with Crippen molar-refractivity contribution in [1.29, 1.82) is 0 Å². The zero-order valence-corrected chi connectivity index (χ0v) is 13.4. The summed E-state index contributed by atoms with van der Waals surface area (Å²) in [5, 5.41) is -3.20. The quantitative estimate of drug-likeness (QED) is 0.715. The summed E-state index contributed by atoms with van der Waals surface area (Å²) in [7, 11) is -5.73. The van der Waals surface area contributed by atoms with Crippen LogP contribution in [0.2, 0.25) is 0 Å². The molecule has 8 heteroatoms. The molecule has 2 aromatic rings. The van der Waals surface area contributed by atoms with E-state index in [0.29, 0.717) is 16.5 Å². The zero-order chi connectivity index (χ0) is 17.8. The van der Waals surface area contributed by atoms with E-state index in [1.54, 1.807) is 12.1 Å². The van der Waals surface area contributed by atoms with Crippen molar-refractivity contribution in [3.05, 3.63) is 57.6 Å². The summed E-state index contributed by atoms with van der Waals surface area (Å²) in [5.74, 6) is 0. The minimum atomic E-state index is -5.73. The number of alkyl halides is 2. The fourth-order valence-electron chi connectivity index (χ4n) is 3.07. The molecule has 128 valence electrons. The van der Waals surface area contributed by atoms with E-state index in [1.165, 1.54) is 12.1 Å². The van der Waals surface area contributed by atoms with Gasteiger partial charge in [0.25, 0.3) is 0 Å². The standard InChI is InChI=1S/C17H10F3NO3S/c18-17(19,25(22,23)24-20)14-6-3-5-12-13(14)9-11-8-10-4-1-2-7-15(10)21-16(11)12/h1,3-9H,2H2. The number of hydrogen-bond donors (Lipinski definition) is 0. The topological polar surface area (TPSA) is 56.3 Å². The molecule has 0 saturated carbocycles. The monoisotopic (exact) mass is 365 g/mol. The first-order valence-corrected chi connectivity index (χ1v) is 8.72. The molecule has 0 spiro atoms. The Bertz CT molecular complexity index is 1150. The smallest absolute Gasteiger partial charge is 0.247 e. The number of halogens is 3. The van der Waals surface area contributed by atoms with E-state index in [9.17, 15) is 21.7 Å². The van der Waals surface area contributed by atoms with Gasteiger partial charge in [0.15, 0.2) is 0 Å². The summed E-state index contributed by atoms with van der Waals surface area (Å²) in [4.78, 5) is 4.50. The van der Waals surface area contributed by atoms with Crippen molar-refractivity contribution in [3.63, 3.8) is 0 Å². The second kappa shape index (κ2) is 5.27. The lowest BCUT2D eigenvalue weighted by Gasteiger charge is -2.16. The minimum Gasteiger partial charge on any atom is -0.247 e. The Kier molecular flexibility index (Phi) is 3.38. The molecule has 1 aromatic heterocycles. The number of benzene rings is 1. The van der Waals surface area contributed by atoms with Gasteiger partial charge in [0.2, 0.25) is 0 Å². The van der Waals surface area contributed by atoms with E-state index in [0.717, 1.165) is 23.4 Å². The number of nitrogens with zero attached hydrogens (tertiary/aromatic N) is 1.